The third-order valence-electron chi connectivity index (χ3n) is 3.06. The SMILES string of the molecule is COc1ccc(OC(=O)C(C)Cc2ccccc2)cc1. The van der Waals surface area contributed by atoms with Crippen LogP contribution in [0, 0.1) is 5.92 Å². The fourth-order valence-corrected chi connectivity index (χ4v) is 1.91. The molecular formula is C17H18O3. The molecule has 2 aromatic rings. The highest BCUT2D eigenvalue weighted by Crippen LogP contribution is 2.19. The summed E-state index contributed by atoms with van der Waals surface area (Å²) in [7, 11) is 1.60. The number of carbonyl (C=O) groups is 1. The number of methoxy groups -OCH3 is 1. The van der Waals surface area contributed by atoms with Crippen molar-refractivity contribution in [1.29, 1.82) is 0 Å². The van der Waals surface area contributed by atoms with Gasteiger partial charge in [-0.05, 0) is 36.2 Å². The first-order valence-electron chi connectivity index (χ1n) is 6.58. The predicted octanol–water partition coefficient (Wildman–Crippen LogP) is 3.48. The van der Waals surface area contributed by atoms with Crippen molar-refractivity contribution in [2.75, 3.05) is 7.11 Å². The van der Waals surface area contributed by atoms with Crippen LogP contribution in [-0.4, -0.2) is 13.1 Å². The van der Waals surface area contributed by atoms with Crippen LogP contribution < -0.4 is 9.47 Å². The second kappa shape index (κ2) is 6.75. The van der Waals surface area contributed by atoms with E-state index in [-0.39, 0.29) is 11.9 Å². The van der Waals surface area contributed by atoms with Crippen LogP contribution in [-0.2, 0) is 11.2 Å². The zero-order chi connectivity index (χ0) is 14.4. The summed E-state index contributed by atoms with van der Waals surface area (Å²) in [6, 6.07) is 16.9. The molecule has 1 unspecified atom stereocenters. The van der Waals surface area contributed by atoms with Gasteiger partial charge in [0.15, 0.2) is 0 Å². The third kappa shape index (κ3) is 3.85. The van der Waals surface area contributed by atoms with Gasteiger partial charge in [-0.2, -0.15) is 0 Å². The first-order valence-corrected chi connectivity index (χ1v) is 6.58. The lowest BCUT2D eigenvalue weighted by Gasteiger charge is -2.11. The standard InChI is InChI=1S/C17H18O3/c1-13(12-14-6-4-3-5-7-14)17(18)20-16-10-8-15(19-2)9-11-16/h3-11,13H,12H2,1-2H3. The molecule has 2 rings (SSSR count). The molecule has 0 heterocycles. The van der Waals surface area contributed by atoms with Crippen molar-refractivity contribution < 1.29 is 14.3 Å². The van der Waals surface area contributed by atoms with Gasteiger partial charge in [0.2, 0.25) is 0 Å². The van der Waals surface area contributed by atoms with Gasteiger partial charge in [0, 0.05) is 0 Å². The second-order valence-corrected chi connectivity index (χ2v) is 4.69. The lowest BCUT2D eigenvalue weighted by Crippen LogP contribution is -2.19. The number of ether oxygens (including phenoxy) is 2. The Morgan fingerprint density at radius 2 is 1.60 bits per heavy atom. The fourth-order valence-electron chi connectivity index (χ4n) is 1.91. The summed E-state index contributed by atoms with van der Waals surface area (Å²) in [4.78, 5) is 12.0. The number of hydrogen-bond acceptors (Lipinski definition) is 3. The maximum atomic E-state index is 12.0. The van der Waals surface area contributed by atoms with Crippen molar-refractivity contribution >= 4 is 5.97 Å². The molecule has 0 saturated carbocycles. The Hall–Kier alpha value is -2.29. The summed E-state index contributed by atoms with van der Waals surface area (Å²) in [5.74, 6) is 0.872. The molecule has 0 fully saturated rings. The van der Waals surface area contributed by atoms with Crippen molar-refractivity contribution in [2.24, 2.45) is 5.92 Å². The van der Waals surface area contributed by atoms with E-state index in [4.69, 9.17) is 9.47 Å². The first kappa shape index (κ1) is 14.1. The van der Waals surface area contributed by atoms with E-state index >= 15 is 0 Å². The van der Waals surface area contributed by atoms with E-state index < -0.39 is 0 Å². The molecule has 0 bridgehead atoms. The van der Waals surface area contributed by atoms with Gasteiger partial charge in [0.05, 0.1) is 13.0 Å². The minimum Gasteiger partial charge on any atom is -0.497 e. The van der Waals surface area contributed by atoms with Crippen LogP contribution in [0.25, 0.3) is 0 Å². The molecule has 0 aliphatic carbocycles. The molecule has 20 heavy (non-hydrogen) atoms. The molecule has 2 aromatic carbocycles. The van der Waals surface area contributed by atoms with Crippen molar-refractivity contribution in [1.82, 2.24) is 0 Å². The quantitative estimate of drug-likeness (QED) is 0.616. The van der Waals surface area contributed by atoms with E-state index in [1.807, 2.05) is 37.3 Å². The molecule has 0 N–H and O–H groups in total. The van der Waals surface area contributed by atoms with Crippen molar-refractivity contribution in [3.8, 4) is 11.5 Å². The molecule has 1 atom stereocenters. The summed E-state index contributed by atoms with van der Waals surface area (Å²) in [6.07, 6.45) is 0.676. The summed E-state index contributed by atoms with van der Waals surface area (Å²) < 4.78 is 10.4. The van der Waals surface area contributed by atoms with E-state index in [0.717, 1.165) is 11.3 Å². The van der Waals surface area contributed by atoms with Gasteiger partial charge in [0.1, 0.15) is 11.5 Å². The van der Waals surface area contributed by atoms with E-state index in [2.05, 4.69) is 0 Å². The lowest BCUT2D eigenvalue weighted by molar-refractivity contribution is -0.138. The van der Waals surface area contributed by atoms with Crippen LogP contribution in [0.15, 0.2) is 54.6 Å². The van der Waals surface area contributed by atoms with E-state index in [1.54, 1.807) is 31.4 Å². The number of carbonyl (C=O) groups excluding carboxylic acids is 1. The molecule has 0 spiro atoms. The molecule has 0 saturated heterocycles. The summed E-state index contributed by atoms with van der Waals surface area (Å²) in [6.45, 7) is 1.87. The maximum absolute atomic E-state index is 12.0. The van der Waals surface area contributed by atoms with Crippen LogP contribution in [0.3, 0.4) is 0 Å². The Balaban J connectivity index is 1.93. The average molecular weight is 270 g/mol. The van der Waals surface area contributed by atoms with Gasteiger partial charge in [-0.3, -0.25) is 4.79 Å². The van der Waals surface area contributed by atoms with Gasteiger partial charge in [-0.1, -0.05) is 37.3 Å². The monoisotopic (exact) mass is 270 g/mol. The highest BCUT2D eigenvalue weighted by molar-refractivity contribution is 5.75. The van der Waals surface area contributed by atoms with Crippen LogP contribution in [0.5, 0.6) is 11.5 Å². The van der Waals surface area contributed by atoms with E-state index in [9.17, 15) is 4.79 Å². The fraction of sp³-hybridized carbons (Fsp3) is 0.235. The van der Waals surface area contributed by atoms with E-state index in [1.165, 1.54) is 0 Å². The second-order valence-electron chi connectivity index (χ2n) is 4.69. The Kier molecular flexibility index (Phi) is 4.77. The van der Waals surface area contributed by atoms with Gasteiger partial charge in [-0.15, -0.1) is 0 Å². The minimum absolute atomic E-state index is 0.181. The molecular weight excluding hydrogens is 252 g/mol. The topological polar surface area (TPSA) is 35.5 Å². The molecule has 3 nitrogen and oxygen atoms in total. The zero-order valence-electron chi connectivity index (χ0n) is 11.7. The number of hydrogen-bond donors (Lipinski definition) is 0. The van der Waals surface area contributed by atoms with Gasteiger partial charge >= 0.3 is 5.97 Å². The van der Waals surface area contributed by atoms with Gasteiger partial charge in [-0.25, -0.2) is 0 Å². The zero-order valence-corrected chi connectivity index (χ0v) is 11.7. The summed E-state index contributed by atoms with van der Waals surface area (Å²) in [5.41, 5.74) is 1.13. The van der Waals surface area contributed by atoms with Crippen LogP contribution in [0.2, 0.25) is 0 Å². The molecule has 3 heteroatoms. The Morgan fingerprint density at radius 1 is 1.00 bits per heavy atom. The van der Waals surface area contributed by atoms with Gasteiger partial charge < -0.3 is 9.47 Å². The molecule has 0 radical (unpaired) electrons. The maximum Gasteiger partial charge on any atom is 0.314 e. The molecule has 0 aliphatic heterocycles. The molecule has 104 valence electrons. The van der Waals surface area contributed by atoms with Gasteiger partial charge in [0.25, 0.3) is 0 Å². The van der Waals surface area contributed by atoms with Crippen LogP contribution in [0.1, 0.15) is 12.5 Å². The first-order chi connectivity index (χ1) is 9.69. The Morgan fingerprint density at radius 3 is 2.20 bits per heavy atom. The molecule has 0 amide bonds. The number of esters is 1. The molecule has 0 aliphatic rings. The smallest absolute Gasteiger partial charge is 0.314 e. The largest absolute Gasteiger partial charge is 0.497 e. The molecule has 0 aromatic heterocycles. The van der Waals surface area contributed by atoms with Crippen LogP contribution in [0.4, 0.5) is 0 Å². The number of benzene rings is 2. The predicted molar refractivity (Wildman–Crippen MR) is 77.9 cm³/mol. The lowest BCUT2D eigenvalue weighted by atomic mass is 10.0. The average Bonchev–Trinajstić information content (AvgIpc) is 2.49. The van der Waals surface area contributed by atoms with Crippen molar-refractivity contribution in [3.63, 3.8) is 0 Å². The van der Waals surface area contributed by atoms with Crippen LogP contribution >= 0.6 is 0 Å². The Bertz CT molecular complexity index is 546. The summed E-state index contributed by atoms with van der Waals surface area (Å²) in [5, 5.41) is 0. The third-order valence-corrected chi connectivity index (χ3v) is 3.06. The minimum atomic E-state index is -0.223. The number of rotatable bonds is 5. The Labute approximate surface area is 119 Å². The highest BCUT2D eigenvalue weighted by atomic mass is 16.5. The van der Waals surface area contributed by atoms with Crippen molar-refractivity contribution in [2.45, 2.75) is 13.3 Å². The van der Waals surface area contributed by atoms with Crippen molar-refractivity contribution in [3.05, 3.63) is 60.2 Å². The summed E-state index contributed by atoms with van der Waals surface area (Å²) >= 11 is 0. The normalized spacial score (nSPS) is 11.7. The van der Waals surface area contributed by atoms with E-state index in [0.29, 0.717) is 12.2 Å². The highest BCUT2D eigenvalue weighted by Gasteiger charge is 2.15.